The lowest BCUT2D eigenvalue weighted by atomic mass is 10.2. The molecule has 0 radical (unpaired) electrons. The molecule has 0 N–H and O–H groups in total. The van der Waals surface area contributed by atoms with Crippen LogP contribution in [0.4, 0.5) is 0 Å². The van der Waals surface area contributed by atoms with Crippen molar-refractivity contribution >= 4 is 17.7 Å². The number of rotatable bonds is 7. The summed E-state index contributed by atoms with van der Waals surface area (Å²) in [7, 11) is 1.88. The Hall–Kier alpha value is -1.89. The van der Waals surface area contributed by atoms with Gasteiger partial charge in [-0.2, -0.15) is 5.10 Å². The minimum Gasteiger partial charge on any atom is -0.337 e. The maximum atomic E-state index is 13.0. The Kier molecular flexibility index (Phi) is 6.58. The molecule has 0 saturated carbocycles. The number of nitrogens with zero attached hydrogens (tertiary/aromatic N) is 5. The standard InChI is InChI=1S/C18H27N5OS/c1-12(2)9-23(11-16-8-19-22(6)10-16)17(24)15(5)25-18-20-13(3)7-14(4)21-18/h7-8,10,12,15H,9,11H2,1-6H3/t15-/m1/s1. The maximum absolute atomic E-state index is 13.0. The SMILES string of the molecule is Cc1cc(C)nc(S[C@H](C)C(=O)N(Cc2cnn(C)c2)CC(C)C)n1. The van der Waals surface area contributed by atoms with Crippen LogP contribution in [0, 0.1) is 19.8 Å². The first-order chi connectivity index (χ1) is 11.7. The molecule has 0 spiro atoms. The van der Waals surface area contributed by atoms with Crippen LogP contribution < -0.4 is 0 Å². The molecule has 1 amide bonds. The summed E-state index contributed by atoms with van der Waals surface area (Å²) in [5, 5.41) is 4.61. The molecule has 1 atom stereocenters. The molecule has 0 bridgehead atoms. The zero-order valence-electron chi connectivity index (χ0n) is 15.9. The molecule has 25 heavy (non-hydrogen) atoms. The first kappa shape index (κ1) is 19.4. The third-order valence-electron chi connectivity index (χ3n) is 3.62. The van der Waals surface area contributed by atoms with Gasteiger partial charge in [0.2, 0.25) is 5.91 Å². The topological polar surface area (TPSA) is 63.9 Å². The van der Waals surface area contributed by atoms with Crippen molar-refractivity contribution < 1.29 is 4.79 Å². The highest BCUT2D eigenvalue weighted by molar-refractivity contribution is 8.00. The summed E-state index contributed by atoms with van der Waals surface area (Å²) in [5.74, 6) is 0.501. The first-order valence-corrected chi connectivity index (χ1v) is 9.37. The van der Waals surface area contributed by atoms with E-state index in [2.05, 4.69) is 28.9 Å². The predicted molar refractivity (Wildman–Crippen MR) is 100 cm³/mol. The summed E-state index contributed by atoms with van der Waals surface area (Å²) in [5.41, 5.74) is 2.88. The van der Waals surface area contributed by atoms with E-state index >= 15 is 0 Å². The van der Waals surface area contributed by atoms with Crippen LogP contribution in [0.15, 0.2) is 23.6 Å². The third-order valence-corrected chi connectivity index (χ3v) is 4.57. The Balaban J connectivity index is 2.10. The number of hydrogen-bond donors (Lipinski definition) is 0. The predicted octanol–water partition coefficient (Wildman–Crippen LogP) is 2.99. The Labute approximate surface area is 154 Å². The first-order valence-electron chi connectivity index (χ1n) is 8.50. The van der Waals surface area contributed by atoms with Crippen LogP contribution in [0.25, 0.3) is 0 Å². The summed E-state index contributed by atoms with van der Waals surface area (Å²) in [6.07, 6.45) is 3.76. The summed E-state index contributed by atoms with van der Waals surface area (Å²) < 4.78 is 1.76. The molecule has 0 fully saturated rings. The smallest absolute Gasteiger partial charge is 0.236 e. The molecule has 0 saturated heterocycles. The second kappa shape index (κ2) is 8.47. The van der Waals surface area contributed by atoms with Crippen molar-refractivity contribution in [3.8, 4) is 0 Å². The lowest BCUT2D eigenvalue weighted by molar-refractivity contribution is -0.131. The molecule has 6 nitrogen and oxygen atoms in total. The van der Waals surface area contributed by atoms with Gasteiger partial charge in [-0.25, -0.2) is 9.97 Å². The number of amides is 1. The number of carbonyl (C=O) groups is 1. The Morgan fingerprint density at radius 1 is 1.24 bits per heavy atom. The zero-order valence-corrected chi connectivity index (χ0v) is 16.7. The molecule has 0 aliphatic carbocycles. The fourth-order valence-electron chi connectivity index (χ4n) is 2.66. The summed E-state index contributed by atoms with van der Waals surface area (Å²) in [6, 6.07) is 1.93. The third kappa shape index (κ3) is 5.85. The van der Waals surface area contributed by atoms with Gasteiger partial charge in [0, 0.05) is 43.3 Å². The average Bonchev–Trinajstić information content (AvgIpc) is 2.89. The van der Waals surface area contributed by atoms with E-state index in [1.807, 2.05) is 51.2 Å². The van der Waals surface area contributed by atoms with Crippen molar-refractivity contribution in [1.82, 2.24) is 24.6 Å². The highest BCUT2D eigenvalue weighted by atomic mass is 32.2. The number of carbonyl (C=O) groups excluding carboxylic acids is 1. The fourth-order valence-corrected chi connectivity index (χ4v) is 3.62. The monoisotopic (exact) mass is 361 g/mol. The number of aromatic nitrogens is 4. The van der Waals surface area contributed by atoms with Crippen LogP contribution >= 0.6 is 11.8 Å². The number of thioether (sulfide) groups is 1. The molecule has 0 aliphatic rings. The van der Waals surface area contributed by atoms with Gasteiger partial charge < -0.3 is 4.90 Å². The van der Waals surface area contributed by atoms with Crippen molar-refractivity contribution in [2.75, 3.05) is 6.54 Å². The summed E-state index contributed by atoms with van der Waals surface area (Å²) >= 11 is 1.42. The van der Waals surface area contributed by atoms with E-state index in [0.29, 0.717) is 24.2 Å². The van der Waals surface area contributed by atoms with Crippen molar-refractivity contribution in [3.63, 3.8) is 0 Å². The van der Waals surface area contributed by atoms with E-state index in [1.165, 1.54) is 11.8 Å². The van der Waals surface area contributed by atoms with Gasteiger partial charge in [0.1, 0.15) is 0 Å². The van der Waals surface area contributed by atoms with Crippen molar-refractivity contribution in [1.29, 1.82) is 0 Å². The molecule has 0 aromatic carbocycles. The Morgan fingerprint density at radius 3 is 2.40 bits per heavy atom. The van der Waals surface area contributed by atoms with Gasteiger partial charge in [0.15, 0.2) is 5.16 Å². The molecule has 2 rings (SSSR count). The fraction of sp³-hybridized carbons (Fsp3) is 0.556. The van der Waals surface area contributed by atoms with Crippen molar-refractivity contribution in [2.45, 2.75) is 51.6 Å². The van der Waals surface area contributed by atoms with Gasteiger partial charge in [0.05, 0.1) is 11.4 Å². The summed E-state index contributed by atoms with van der Waals surface area (Å²) in [6.45, 7) is 11.3. The normalized spacial score (nSPS) is 12.4. The largest absolute Gasteiger partial charge is 0.337 e. The van der Waals surface area contributed by atoms with E-state index in [9.17, 15) is 4.79 Å². The van der Waals surface area contributed by atoms with E-state index < -0.39 is 0 Å². The van der Waals surface area contributed by atoms with E-state index in [-0.39, 0.29) is 11.2 Å². The molecule has 136 valence electrons. The van der Waals surface area contributed by atoms with Crippen molar-refractivity contribution in [2.24, 2.45) is 13.0 Å². The van der Waals surface area contributed by atoms with E-state index in [1.54, 1.807) is 4.68 Å². The quantitative estimate of drug-likeness (QED) is 0.560. The van der Waals surface area contributed by atoms with Gasteiger partial charge in [-0.1, -0.05) is 25.6 Å². The van der Waals surface area contributed by atoms with Gasteiger partial charge in [0.25, 0.3) is 0 Å². The molecule has 2 aromatic heterocycles. The molecule has 0 aliphatic heterocycles. The van der Waals surface area contributed by atoms with Crippen molar-refractivity contribution in [3.05, 3.63) is 35.4 Å². The lowest BCUT2D eigenvalue weighted by Gasteiger charge is -2.26. The van der Waals surface area contributed by atoms with Gasteiger partial charge >= 0.3 is 0 Å². The van der Waals surface area contributed by atoms with Crippen LogP contribution in [0.2, 0.25) is 0 Å². The highest BCUT2D eigenvalue weighted by Crippen LogP contribution is 2.23. The van der Waals surface area contributed by atoms with Crippen LogP contribution in [-0.4, -0.2) is 42.4 Å². The molecular weight excluding hydrogens is 334 g/mol. The van der Waals surface area contributed by atoms with Crippen LogP contribution in [-0.2, 0) is 18.4 Å². The Morgan fingerprint density at radius 2 is 1.88 bits per heavy atom. The van der Waals surface area contributed by atoms with Crippen LogP contribution in [0.3, 0.4) is 0 Å². The molecular formula is C18H27N5OS. The van der Waals surface area contributed by atoms with Crippen LogP contribution in [0.5, 0.6) is 0 Å². The second-order valence-corrected chi connectivity index (χ2v) is 8.14. The minimum absolute atomic E-state index is 0.102. The van der Waals surface area contributed by atoms with Gasteiger partial charge in [-0.15, -0.1) is 0 Å². The maximum Gasteiger partial charge on any atom is 0.236 e. The number of aryl methyl sites for hydroxylation is 3. The van der Waals surface area contributed by atoms with Gasteiger partial charge in [-0.05, 0) is 32.8 Å². The van der Waals surface area contributed by atoms with E-state index in [0.717, 1.165) is 17.0 Å². The Bertz CT molecular complexity index is 708. The average molecular weight is 362 g/mol. The second-order valence-electron chi connectivity index (χ2n) is 6.83. The molecule has 2 heterocycles. The van der Waals surface area contributed by atoms with Gasteiger partial charge in [-0.3, -0.25) is 9.48 Å². The lowest BCUT2D eigenvalue weighted by Crippen LogP contribution is -2.38. The molecule has 0 unspecified atom stereocenters. The highest BCUT2D eigenvalue weighted by Gasteiger charge is 2.24. The minimum atomic E-state index is -0.239. The summed E-state index contributed by atoms with van der Waals surface area (Å²) in [4.78, 5) is 23.8. The molecule has 7 heteroatoms. The van der Waals surface area contributed by atoms with E-state index in [4.69, 9.17) is 0 Å². The number of hydrogen-bond acceptors (Lipinski definition) is 5. The van der Waals surface area contributed by atoms with Crippen LogP contribution in [0.1, 0.15) is 37.7 Å². The zero-order chi connectivity index (χ0) is 18.6. The molecule has 2 aromatic rings.